The van der Waals surface area contributed by atoms with Gasteiger partial charge >= 0.3 is 0 Å². The third kappa shape index (κ3) is 6.22. The van der Waals surface area contributed by atoms with E-state index in [-0.39, 0.29) is 4.90 Å². The van der Waals surface area contributed by atoms with Crippen LogP contribution in [0.3, 0.4) is 0 Å². The maximum atomic E-state index is 12.1. The van der Waals surface area contributed by atoms with E-state index in [0.717, 1.165) is 11.3 Å². The number of hydrogen-bond acceptors (Lipinski definition) is 4. The number of ether oxygens (including phenoxy) is 1. The Balaban J connectivity index is 0.000000283. The highest BCUT2D eigenvalue weighted by atomic mass is 35.5. The summed E-state index contributed by atoms with van der Waals surface area (Å²) in [5, 5.41) is 3.62. The molecule has 0 amide bonds. The van der Waals surface area contributed by atoms with E-state index in [2.05, 4.69) is 16.1 Å². The van der Waals surface area contributed by atoms with E-state index < -0.39 is 10.0 Å². The summed E-state index contributed by atoms with van der Waals surface area (Å²) in [5.74, 6) is 0.792. The normalized spacial score (nSPS) is 11.5. The monoisotopic (exact) mass is 430 g/mol. The van der Waals surface area contributed by atoms with Gasteiger partial charge in [-0.3, -0.25) is 0 Å². The Morgan fingerprint density at radius 1 is 0.966 bits per heavy atom. The number of rotatable bonds is 7. The fraction of sp³-hybridized carbons (Fsp3) is 0.182. The summed E-state index contributed by atoms with van der Waals surface area (Å²) in [6.45, 7) is 2.85. The first-order valence-electron chi connectivity index (χ1n) is 9.30. The number of sulfonamides is 1. The van der Waals surface area contributed by atoms with E-state index in [1.807, 2.05) is 49.4 Å². The zero-order valence-corrected chi connectivity index (χ0v) is 17.6. The van der Waals surface area contributed by atoms with Crippen LogP contribution in [0.2, 0.25) is 5.02 Å². The van der Waals surface area contributed by atoms with Crippen molar-refractivity contribution < 1.29 is 13.2 Å². The second-order valence-corrected chi connectivity index (χ2v) is 8.59. The topological polar surface area (TPSA) is 67.4 Å². The zero-order valence-electron chi connectivity index (χ0n) is 16.1. The second kappa shape index (κ2) is 9.78. The van der Waals surface area contributed by atoms with Crippen LogP contribution in [0, 0.1) is 0 Å². The zero-order chi connectivity index (χ0) is 20.7. The molecular formula is C22H23ClN2O3S. The van der Waals surface area contributed by atoms with Gasteiger partial charge in [-0.05, 0) is 73.5 Å². The Hall–Kier alpha value is -2.54. The fourth-order valence-electron chi connectivity index (χ4n) is 2.75. The lowest BCUT2D eigenvalue weighted by Gasteiger charge is -2.15. The van der Waals surface area contributed by atoms with Crippen LogP contribution < -0.4 is 14.8 Å². The third-order valence-corrected chi connectivity index (χ3v) is 5.92. The number of fused-ring (bicyclic) bond motifs is 2. The molecule has 2 aliphatic heterocycles. The molecule has 0 saturated heterocycles. The molecule has 0 radical (unpaired) electrons. The maximum absolute atomic E-state index is 12.1. The molecule has 29 heavy (non-hydrogen) atoms. The maximum Gasteiger partial charge on any atom is 0.240 e. The van der Waals surface area contributed by atoms with Crippen molar-refractivity contribution in [3.8, 4) is 5.75 Å². The van der Waals surface area contributed by atoms with E-state index in [4.69, 9.17) is 16.3 Å². The predicted octanol–water partition coefficient (Wildman–Crippen LogP) is 5.00. The highest BCUT2D eigenvalue weighted by Crippen LogP contribution is 2.27. The molecule has 3 aromatic rings. The summed E-state index contributed by atoms with van der Waals surface area (Å²) < 4.78 is 32.3. The first-order chi connectivity index (χ1) is 14.0. The lowest BCUT2D eigenvalue weighted by Crippen LogP contribution is -2.25. The van der Waals surface area contributed by atoms with E-state index in [9.17, 15) is 8.42 Å². The van der Waals surface area contributed by atoms with Crippen LogP contribution in [0.15, 0.2) is 77.7 Å². The molecule has 0 fully saturated rings. The van der Waals surface area contributed by atoms with Crippen LogP contribution in [0.4, 0.5) is 11.4 Å². The van der Waals surface area contributed by atoms with Crippen LogP contribution in [0.5, 0.6) is 5.75 Å². The van der Waals surface area contributed by atoms with Crippen molar-refractivity contribution in [3.63, 3.8) is 0 Å². The van der Waals surface area contributed by atoms with Crippen LogP contribution in [0.1, 0.15) is 12.5 Å². The van der Waals surface area contributed by atoms with Crippen molar-refractivity contribution in [2.75, 3.05) is 18.5 Å². The molecule has 0 saturated carbocycles. The van der Waals surface area contributed by atoms with Gasteiger partial charge in [-0.2, -0.15) is 0 Å². The molecule has 5 nitrogen and oxygen atoms in total. The minimum atomic E-state index is -3.51. The average molecular weight is 431 g/mol. The Labute approximate surface area is 176 Å². The molecule has 5 rings (SSSR count). The SMILES string of the molecule is CCOc1cccc(CCNS(=O)(=O)c2ccc(Cl)cc2)c1.c1cc2cc(c1)N2. The second-order valence-electron chi connectivity index (χ2n) is 6.39. The van der Waals surface area contributed by atoms with E-state index in [1.165, 1.54) is 23.5 Å². The minimum Gasteiger partial charge on any atom is -0.494 e. The van der Waals surface area contributed by atoms with Crippen molar-refractivity contribution in [1.29, 1.82) is 0 Å². The summed E-state index contributed by atoms with van der Waals surface area (Å²) in [6, 6.07) is 22.0. The molecule has 0 aromatic heterocycles. The molecular weight excluding hydrogens is 408 g/mol. The Kier molecular flexibility index (Phi) is 7.14. The van der Waals surface area contributed by atoms with E-state index >= 15 is 0 Å². The van der Waals surface area contributed by atoms with Gasteiger partial charge in [0.05, 0.1) is 11.5 Å². The fourth-order valence-corrected chi connectivity index (χ4v) is 3.91. The van der Waals surface area contributed by atoms with Crippen LogP contribution in [0.25, 0.3) is 0 Å². The largest absolute Gasteiger partial charge is 0.494 e. The Morgan fingerprint density at radius 3 is 2.17 bits per heavy atom. The van der Waals surface area contributed by atoms with Crippen molar-refractivity contribution >= 4 is 33.0 Å². The van der Waals surface area contributed by atoms with Crippen molar-refractivity contribution in [1.82, 2.24) is 4.72 Å². The first kappa shape index (κ1) is 21.2. The van der Waals surface area contributed by atoms with Crippen molar-refractivity contribution in [3.05, 3.63) is 83.4 Å². The highest BCUT2D eigenvalue weighted by Gasteiger charge is 2.13. The molecule has 0 atom stereocenters. The van der Waals surface area contributed by atoms with Crippen molar-refractivity contribution in [2.45, 2.75) is 18.2 Å². The van der Waals surface area contributed by atoms with Gasteiger partial charge in [0.15, 0.2) is 0 Å². The number of halogens is 1. The molecule has 0 aliphatic carbocycles. The van der Waals surface area contributed by atoms with E-state index in [0.29, 0.717) is 24.6 Å². The summed E-state index contributed by atoms with van der Waals surface area (Å²) in [7, 11) is -3.51. The van der Waals surface area contributed by atoms with E-state index in [1.54, 1.807) is 12.1 Å². The molecule has 0 spiro atoms. The van der Waals surface area contributed by atoms with Gasteiger partial charge in [0.1, 0.15) is 5.75 Å². The molecule has 152 valence electrons. The average Bonchev–Trinajstić information content (AvgIpc) is 2.69. The highest BCUT2D eigenvalue weighted by molar-refractivity contribution is 7.89. The molecule has 2 bridgehead atoms. The molecule has 2 aliphatic rings. The predicted molar refractivity (Wildman–Crippen MR) is 118 cm³/mol. The summed E-state index contributed by atoms with van der Waals surface area (Å²) in [5.41, 5.74) is 3.49. The Bertz CT molecular complexity index is 1030. The van der Waals surface area contributed by atoms with Crippen LogP contribution in [-0.2, 0) is 16.4 Å². The van der Waals surface area contributed by atoms with Gasteiger partial charge < -0.3 is 10.1 Å². The van der Waals surface area contributed by atoms with Gasteiger partial charge in [-0.1, -0.05) is 29.8 Å². The summed E-state index contributed by atoms with van der Waals surface area (Å²) in [6.07, 6.45) is 0.591. The number of nitrogens with one attached hydrogen (secondary N) is 2. The van der Waals surface area contributed by atoms with Gasteiger partial charge in [-0.15, -0.1) is 0 Å². The minimum absolute atomic E-state index is 0.208. The molecule has 3 aromatic carbocycles. The quantitative estimate of drug-likeness (QED) is 0.432. The smallest absolute Gasteiger partial charge is 0.240 e. The van der Waals surface area contributed by atoms with Crippen LogP contribution >= 0.6 is 11.6 Å². The molecule has 7 heteroatoms. The Morgan fingerprint density at radius 2 is 1.62 bits per heavy atom. The lowest BCUT2D eigenvalue weighted by atomic mass is 10.1. The molecule has 2 N–H and O–H groups in total. The van der Waals surface area contributed by atoms with Gasteiger partial charge in [0, 0.05) is 22.9 Å². The summed E-state index contributed by atoms with van der Waals surface area (Å²) >= 11 is 5.76. The van der Waals surface area contributed by atoms with Gasteiger partial charge in [0.25, 0.3) is 0 Å². The number of hydrogen-bond donors (Lipinski definition) is 2. The molecule has 0 unspecified atom stereocenters. The van der Waals surface area contributed by atoms with Gasteiger partial charge in [0.2, 0.25) is 10.0 Å². The lowest BCUT2D eigenvalue weighted by molar-refractivity contribution is 0.340. The van der Waals surface area contributed by atoms with Gasteiger partial charge in [-0.25, -0.2) is 13.1 Å². The molecule has 2 heterocycles. The number of benzene rings is 3. The van der Waals surface area contributed by atoms with Crippen LogP contribution in [-0.4, -0.2) is 21.6 Å². The summed E-state index contributed by atoms with van der Waals surface area (Å²) in [4.78, 5) is 0.208. The standard InChI is InChI=1S/C16H18ClNO3S.C6H5N/c1-2-21-15-5-3-4-13(12-15)10-11-18-22(19,20)16-8-6-14(17)7-9-16;1-2-5-4-6(3-1)7-5/h3-9,12,18H,2,10-11H2,1H3;1-4,7H. The third-order valence-electron chi connectivity index (χ3n) is 4.19. The number of anilines is 2. The van der Waals surface area contributed by atoms with Crippen molar-refractivity contribution in [2.24, 2.45) is 0 Å². The first-order valence-corrected chi connectivity index (χ1v) is 11.2.